The zero-order valence-electron chi connectivity index (χ0n) is 16.7. The van der Waals surface area contributed by atoms with Crippen molar-refractivity contribution < 1.29 is 4.79 Å². The Bertz CT molecular complexity index is 960. The van der Waals surface area contributed by atoms with Crippen molar-refractivity contribution in [2.45, 2.75) is 18.7 Å². The number of hydrogen-bond acceptors (Lipinski definition) is 5. The highest BCUT2D eigenvalue weighted by Gasteiger charge is 2.24. The van der Waals surface area contributed by atoms with Gasteiger partial charge in [0.2, 0.25) is 0 Å². The van der Waals surface area contributed by atoms with E-state index in [4.69, 9.17) is 16.6 Å². The van der Waals surface area contributed by atoms with Crippen molar-refractivity contribution in [2.24, 2.45) is 0 Å². The number of thioether (sulfide) groups is 1. The van der Waals surface area contributed by atoms with E-state index in [0.717, 1.165) is 34.7 Å². The molecule has 0 saturated heterocycles. The molecule has 3 rings (SSSR count). The first kappa shape index (κ1) is 24.0. The molecule has 0 spiro atoms. The number of thiazole rings is 1. The number of halogens is 2. The Morgan fingerprint density at radius 2 is 1.83 bits per heavy atom. The van der Waals surface area contributed by atoms with E-state index >= 15 is 0 Å². The van der Waals surface area contributed by atoms with Crippen LogP contribution < -0.4 is 4.90 Å². The van der Waals surface area contributed by atoms with Crippen LogP contribution >= 0.6 is 47.1 Å². The molecule has 0 fully saturated rings. The number of benzene rings is 2. The molecule has 1 amide bonds. The average Bonchev–Trinajstić information content (AvgIpc) is 3.15. The van der Waals surface area contributed by atoms with Gasteiger partial charge in [-0.3, -0.25) is 9.69 Å². The van der Waals surface area contributed by atoms with E-state index in [1.807, 2.05) is 24.5 Å². The van der Waals surface area contributed by atoms with Crippen molar-refractivity contribution in [3.05, 3.63) is 53.1 Å². The van der Waals surface area contributed by atoms with Gasteiger partial charge in [0, 0.05) is 18.0 Å². The van der Waals surface area contributed by atoms with Gasteiger partial charge >= 0.3 is 0 Å². The number of carbonyl (C=O) groups excluding carboxylic acids is 1. The van der Waals surface area contributed by atoms with Gasteiger partial charge in [-0.2, -0.15) is 0 Å². The van der Waals surface area contributed by atoms with Crippen molar-refractivity contribution in [2.75, 3.05) is 37.3 Å². The third kappa shape index (κ3) is 5.44. The van der Waals surface area contributed by atoms with E-state index < -0.39 is 0 Å². The monoisotopic (exact) mass is 469 g/mol. The van der Waals surface area contributed by atoms with Gasteiger partial charge in [-0.1, -0.05) is 55.0 Å². The zero-order chi connectivity index (χ0) is 20.1. The van der Waals surface area contributed by atoms with E-state index in [1.165, 1.54) is 0 Å². The SMILES string of the molecule is CCN(CC)CCN(C(=O)c1ccccc1Cl)c1nc2c(SC)cccc2s1.Cl. The Hall–Kier alpha value is -1.31. The van der Waals surface area contributed by atoms with Crippen LogP contribution in [0.15, 0.2) is 47.4 Å². The Morgan fingerprint density at radius 1 is 1.10 bits per heavy atom. The van der Waals surface area contributed by atoms with Gasteiger partial charge < -0.3 is 4.90 Å². The summed E-state index contributed by atoms with van der Waals surface area (Å²) in [5, 5.41) is 1.18. The number of aromatic nitrogens is 1. The minimum Gasteiger partial charge on any atom is -0.302 e. The summed E-state index contributed by atoms with van der Waals surface area (Å²) in [5.74, 6) is -0.109. The van der Waals surface area contributed by atoms with Crippen molar-refractivity contribution >= 4 is 68.4 Å². The number of anilines is 1. The van der Waals surface area contributed by atoms with Crippen LogP contribution in [0.1, 0.15) is 24.2 Å². The molecule has 0 aliphatic carbocycles. The number of nitrogens with zero attached hydrogens (tertiary/aromatic N) is 3. The lowest BCUT2D eigenvalue weighted by Gasteiger charge is -2.25. The summed E-state index contributed by atoms with van der Waals surface area (Å²) in [6.07, 6.45) is 2.04. The second kappa shape index (κ2) is 11.2. The largest absolute Gasteiger partial charge is 0.302 e. The number of para-hydroxylation sites is 1. The molecule has 0 atom stereocenters. The standard InChI is InChI=1S/C21H24ClN3OS2.ClH/c1-4-24(5-2)13-14-25(20(26)15-9-6-7-10-16(15)22)21-23-19-17(27-3)11-8-12-18(19)28-21;/h6-12H,4-5,13-14H2,1-3H3;1H. The lowest BCUT2D eigenvalue weighted by atomic mass is 10.2. The minimum atomic E-state index is -0.109. The molecule has 0 unspecified atom stereocenters. The van der Waals surface area contributed by atoms with Crippen LogP contribution in [0.3, 0.4) is 0 Å². The molecule has 0 bridgehead atoms. The molecule has 0 aliphatic heterocycles. The summed E-state index contributed by atoms with van der Waals surface area (Å²) in [5.41, 5.74) is 1.46. The highest BCUT2D eigenvalue weighted by Crippen LogP contribution is 2.35. The van der Waals surface area contributed by atoms with Crippen LogP contribution in [0.25, 0.3) is 10.2 Å². The highest BCUT2D eigenvalue weighted by molar-refractivity contribution is 7.98. The smallest absolute Gasteiger partial charge is 0.261 e. The van der Waals surface area contributed by atoms with Crippen LogP contribution in [0, 0.1) is 0 Å². The Balaban J connectivity index is 0.00000300. The topological polar surface area (TPSA) is 36.4 Å². The summed E-state index contributed by atoms with van der Waals surface area (Å²) in [6.45, 7) is 7.51. The predicted octanol–water partition coefficient (Wildman–Crippen LogP) is 6.08. The Labute approximate surface area is 191 Å². The molecule has 2 aromatic carbocycles. The normalized spacial score (nSPS) is 10.9. The molecule has 0 radical (unpaired) electrons. The fraction of sp³-hybridized carbons (Fsp3) is 0.333. The summed E-state index contributed by atoms with van der Waals surface area (Å²) >= 11 is 9.53. The van der Waals surface area contributed by atoms with E-state index in [9.17, 15) is 4.79 Å². The Morgan fingerprint density at radius 3 is 2.48 bits per heavy atom. The fourth-order valence-electron chi connectivity index (χ4n) is 3.04. The molecule has 3 aromatic rings. The predicted molar refractivity (Wildman–Crippen MR) is 130 cm³/mol. The lowest BCUT2D eigenvalue weighted by Crippen LogP contribution is -2.39. The summed E-state index contributed by atoms with van der Waals surface area (Å²) < 4.78 is 1.08. The van der Waals surface area contributed by atoms with Crippen molar-refractivity contribution in [3.8, 4) is 0 Å². The average molecular weight is 470 g/mol. The van der Waals surface area contributed by atoms with Gasteiger partial charge in [-0.25, -0.2) is 4.98 Å². The number of rotatable bonds is 8. The Kier molecular flexibility index (Phi) is 9.24. The molecular formula is C21H25Cl2N3OS2. The van der Waals surface area contributed by atoms with Crippen LogP contribution in [0.5, 0.6) is 0 Å². The summed E-state index contributed by atoms with van der Waals surface area (Å²) in [7, 11) is 0. The van der Waals surface area contributed by atoms with Crippen LogP contribution in [0.4, 0.5) is 5.13 Å². The molecule has 1 heterocycles. The highest BCUT2D eigenvalue weighted by atomic mass is 35.5. The van der Waals surface area contributed by atoms with Crippen LogP contribution in [-0.4, -0.2) is 48.2 Å². The van der Waals surface area contributed by atoms with Gasteiger partial charge in [-0.15, -0.1) is 24.2 Å². The molecule has 156 valence electrons. The summed E-state index contributed by atoms with van der Waals surface area (Å²) in [6, 6.07) is 13.3. The molecular weight excluding hydrogens is 445 g/mol. The number of hydrogen-bond donors (Lipinski definition) is 0. The second-order valence-corrected chi connectivity index (χ2v) is 8.53. The van der Waals surface area contributed by atoms with Crippen LogP contribution in [-0.2, 0) is 0 Å². The van der Waals surface area contributed by atoms with Crippen molar-refractivity contribution in [1.82, 2.24) is 9.88 Å². The summed E-state index contributed by atoms with van der Waals surface area (Å²) in [4.78, 5) is 23.4. The maximum Gasteiger partial charge on any atom is 0.261 e. The fourth-order valence-corrected chi connectivity index (χ4v) is 4.90. The minimum absolute atomic E-state index is 0. The van der Waals surface area contributed by atoms with Crippen molar-refractivity contribution in [3.63, 3.8) is 0 Å². The van der Waals surface area contributed by atoms with E-state index in [1.54, 1.807) is 40.1 Å². The van der Waals surface area contributed by atoms with Gasteiger partial charge in [-0.05, 0) is 43.6 Å². The number of carbonyl (C=O) groups is 1. The number of amides is 1. The molecule has 0 saturated carbocycles. The lowest BCUT2D eigenvalue weighted by molar-refractivity contribution is 0.0984. The molecule has 29 heavy (non-hydrogen) atoms. The maximum atomic E-state index is 13.4. The molecule has 1 aromatic heterocycles. The second-order valence-electron chi connectivity index (χ2n) is 6.27. The molecule has 4 nitrogen and oxygen atoms in total. The molecule has 0 aliphatic rings. The number of likely N-dealkylation sites (N-methyl/N-ethyl adjacent to an activating group) is 1. The van der Waals surface area contributed by atoms with Gasteiger partial charge in [0.05, 0.1) is 20.8 Å². The van der Waals surface area contributed by atoms with Gasteiger partial charge in [0.15, 0.2) is 5.13 Å². The van der Waals surface area contributed by atoms with E-state index in [0.29, 0.717) is 22.3 Å². The van der Waals surface area contributed by atoms with Crippen molar-refractivity contribution in [1.29, 1.82) is 0 Å². The third-order valence-electron chi connectivity index (χ3n) is 4.71. The quantitative estimate of drug-likeness (QED) is 0.374. The third-order valence-corrected chi connectivity index (χ3v) is 6.85. The first-order valence-corrected chi connectivity index (χ1v) is 11.7. The van der Waals surface area contributed by atoms with Crippen LogP contribution in [0.2, 0.25) is 5.02 Å². The van der Waals surface area contributed by atoms with E-state index in [2.05, 4.69) is 30.9 Å². The number of fused-ring (bicyclic) bond motifs is 1. The van der Waals surface area contributed by atoms with Gasteiger partial charge in [0.1, 0.15) is 0 Å². The molecule has 0 N–H and O–H groups in total. The molecule has 8 heteroatoms. The van der Waals surface area contributed by atoms with Gasteiger partial charge in [0.25, 0.3) is 5.91 Å². The maximum absolute atomic E-state index is 13.4. The first-order chi connectivity index (χ1) is 13.6. The zero-order valence-corrected chi connectivity index (χ0v) is 19.9. The van der Waals surface area contributed by atoms with E-state index in [-0.39, 0.29) is 18.3 Å². The first-order valence-electron chi connectivity index (χ1n) is 9.31.